The SMILES string of the molecule is COCCCN1C(=O)C2=CC=CC3C(NC(=O)C4CCN(S(=O)(=O)c5cccc6cccnc56)CC4)=CC=C1C23. The normalized spacial score (nSPS) is 23.1. The third-order valence-electron chi connectivity index (χ3n) is 8.24. The summed E-state index contributed by atoms with van der Waals surface area (Å²) < 4.78 is 33.6. The Kier molecular flexibility index (Phi) is 7.16. The highest BCUT2D eigenvalue weighted by Gasteiger charge is 2.46. The zero-order chi connectivity index (χ0) is 27.9. The van der Waals surface area contributed by atoms with E-state index in [-0.39, 0.29) is 47.6 Å². The van der Waals surface area contributed by atoms with Crippen LogP contribution in [0.25, 0.3) is 10.9 Å². The lowest BCUT2D eigenvalue weighted by Crippen LogP contribution is -2.44. The van der Waals surface area contributed by atoms with Crippen molar-refractivity contribution in [2.75, 3.05) is 33.4 Å². The van der Waals surface area contributed by atoms with Gasteiger partial charge in [0.2, 0.25) is 15.9 Å². The second kappa shape index (κ2) is 10.8. The van der Waals surface area contributed by atoms with Crippen LogP contribution in [0.15, 0.2) is 88.8 Å². The Hall–Kier alpha value is -3.60. The van der Waals surface area contributed by atoms with Crippen LogP contribution in [0.5, 0.6) is 0 Å². The second-order valence-corrected chi connectivity index (χ2v) is 12.4. The summed E-state index contributed by atoms with van der Waals surface area (Å²) in [7, 11) is -2.10. The van der Waals surface area contributed by atoms with Gasteiger partial charge in [-0.2, -0.15) is 4.31 Å². The number of likely N-dealkylation sites (tertiary alicyclic amines) is 1. The summed E-state index contributed by atoms with van der Waals surface area (Å²) >= 11 is 0. The van der Waals surface area contributed by atoms with Crippen molar-refractivity contribution in [1.29, 1.82) is 0 Å². The summed E-state index contributed by atoms with van der Waals surface area (Å²) in [4.78, 5) is 32.8. The molecule has 2 atom stereocenters. The van der Waals surface area contributed by atoms with Crippen LogP contribution < -0.4 is 5.32 Å². The van der Waals surface area contributed by atoms with E-state index in [1.165, 1.54) is 4.31 Å². The highest BCUT2D eigenvalue weighted by atomic mass is 32.2. The number of para-hydroxylation sites is 1. The van der Waals surface area contributed by atoms with E-state index in [0.717, 1.165) is 28.8 Å². The first kappa shape index (κ1) is 26.6. The number of piperidine rings is 1. The Morgan fingerprint density at radius 3 is 2.73 bits per heavy atom. The molecule has 6 rings (SSSR count). The Morgan fingerprint density at radius 2 is 1.93 bits per heavy atom. The number of methoxy groups -OCH3 is 1. The molecule has 9 nitrogen and oxygen atoms in total. The molecular formula is C30H32N4O5S. The fourth-order valence-electron chi connectivity index (χ4n) is 6.19. The number of aromatic nitrogens is 1. The van der Waals surface area contributed by atoms with Gasteiger partial charge in [0.15, 0.2) is 0 Å². The van der Waals surface area contributed by atoms with Crippen LogP contribution in [0.4, 0.5) is 0 Å². The number of sulfonamides is 1. The number of pyridine rings is 1. The molecular weight excluding hydrogens is 528 g/mol. The van der Waals surface area contributed by atoms with Crippen LogP contribution in [0.1, 0.15) is 19.3 Å². The second-order valence-electron chi connectivity index (χ2n) is 10.5. The summed E-state index contributed by atoms with van der Waals surface area (Å²) in [5, 5.41) is 3.89. The minimum Gasteiger partial charge on any atom is -0.385 e. The quantitative estimate of drug-likeness (QED) is 0.497. The molecule has 1 aromatic heterocycles. The standard InChI is InChI=1S/C30H32N4O5S/c1-39-19-5-16-34-25-12-11-24(22-8-3-9-23(27(22)25)30(34)36)32-29(35)21-13-17-33(18-14-21)40(37,38)26-10-2-6-20-7-4-15-31-28(20)26/h2-4,6-12,15,21-22,27H,5,13-14,16-19H2,1H3,(H,32,35). The fourth-order valence-corrected chi connectivity index (χ4v) is 7.82. The Labute approximate surface area is 233 Å². The van der Waals surface area contributed by atoms with Crippen molar-refractivity contribution in [3.8, 4) is 0 Å². The van der Waals surface area contributed by atoms with Crippen LogP contribution in [0, 0.1) is 17.8 Å². The number of carbonyl (C=O) groups is 2. The van der Waals surface area contributed by atoms with Crippen molar-refractivity contribution in [3.05, 3.63) is 83.9 Å². The van der Waals surface area contributed by atoms with Gasteiger partial charge < -0.3 is 15.0 Å². The zero-order valence-corrected chi connectivity index (χ0v) is 23.1. The molecule has 2 saturated heterocycles. The number of rotatable bonds is 8. The molecule has 2 aromatic rings. The summed E-state index contributed by atoms with van der Waals surface area (Å²) in [6, 6.07) is 8.79. The summed E-state index contributed by atoms with van der Waals surface area (Å²) in [5.74, 6) is -0.640. The van der Waals surface area contributed by atoms with Gasteiger partial charge in [-0.15, -0.1) is 0 Å². The number of hydrogen-bond acceptors (Lipinski definition) is 6. The summed E-state index contributed by atoms with van der Waals surface area (Å²) in [6.45, 7) is 1.69. The Morgan fingerprint density at radius 1 is 1.12 bits per heavy atom. The monoisotopic (exact) mass is 560 g/mol. The highest BCUT2D eigenvalue weighted by Crippen LogP contribution is 2.46. The van der Waals surface area contributed by atoms with E-state index in [9.17, 15) is 18.0 Å². The number of hydrogen-bond donors (Lipinski definition) is 1. The number of nitrogens with zero attached hydrogens (tertiary/aromatic N) is 3. The number of allylic oxidation sites excluding steroid dienone is 6. The van der Waals surface area contributed by atoms with Crippen molar-refractivity contribution in [1.82, 2.24) is 19.5 Å². The van der Waals surface area contributed by atoms with Crippen molar-refractivity contribution in [2.45, 2.75) is 24.2 Å². The molecule has 0 radical (unpaired) electrons. The maximum absolute atomic E-state index is 13.5. The number of benzene rings is 1. The predicted octanol–water partition coefficient (Wildman–Crippen LogP) is 3.14. The maximum Gasteiger partial charge on any atom is 0.254 e. The molecule has 2 aliphatic carbocycles. The van der Waals surface area contributed by atoms with Gasteiger partial charge in [0.1, 0.15) is 4.90 Å². The largest absolute Gasteiger partial charge is 0.385 e. The van der Waals surface area contributed by atoms with Crippen LogP contribution >= 0.6 is 0 Å². The number of carbonyl (C=O) groups excluding carboxylic acids is 2. The van der Waals surface area contributed by atoms with Crippen LogP contribution in [-0.4, -0.2) is 67.8 Å². The third kappa shape index (κ3) is 4.59. The summed E-state index contributed by atoms with van der Waals surface area (Å²) in [6.07, 6.45) is 12.8. The number of amides is 2. The van der Waals surface area contributed by atoms with Gasteiger partial charge in [0.05, 0.1) is 5.52 Å². The number of ether oxygens (including phenoxy) is 1. The average molecular weight is 561 g/mol. The van der Waals surface area contributed by atoms with Crippen molar-refractivity contribution in [2.24, 2.45) is 17.8 Å². The predicted molar refractivity (Wildman–Crippen MR) is 150 cm³/mol. The molecule has 1 aromatic carbocycles. The lowest BCUT2D eigenvalue weighted by Gasteiger charge is -2.33. The highest BCUT2D eigenvalue weighted by molar-refractivity contribution is 7.89. The van der Waals surface area contributed by atoms with E-state index in [2.05, 4.69) is 10.3 Å². The molecule has 2 unspecified atom stereocenters. The molecule has 3 heterocycles. The van der Waals surface area contributed by atoms with Gasteiger partial charge in [0.25, 0.3) is 5.91 Å². The van der Waals surface area contributed by atoms with Gasteiger partial charge in [-0.25, -0.2) is 8.42 Å². The lowest BCUT2D eigenvalue weighted by atomic mass is 9.77. The molecule has 40 heavy (non-hydrogen) atoms. The van der Waals surface area contributed by atoms with Gasteiger partial charge >= 0.3 is 0 Å². The lowest BCUT2D eigenvalue weighted by molar-refractivity contribution is -0.125. The van der Waals surface area contributed by atoms with Crippen molar-refractivity contribution in [3.63, 3.8) is 0 Å². The van der Waals surface area contributed by atoms with E-state index >= 15 is 0 Å². The molecule has 0 saturated carbocycles. The zero-order valence-electron chi connectivity index (χ0n) is 22.3. The van der Waals surface area contributed by atoms with E-state index < -0.39 is 10.0 Å². The molecule has 1 N–H and O–H groups in total. The first-order chi connectivity index (χ1) is 19.4. The number of nitrogens with one attached hydrogen (secondary N) is 1. The molecule has 2 aliphatic heterocycles. The first-order valence-electron chi connectivity index (χ1n) is 13.7. The van der Waals surface area contributed by atoms with Crippen LogP contribution in [0.2, 0.25) is 0 Å². The van der Waals surface area contributed by atoms with Gasteiger partial charge in [-0.05, 0) is 43.5 Å². The molecule has 4 aliphatic rings. The van der Waals surface area contributed by atoms with Crippen molar-refractivity contribution >= 4 is 32.7 Å². The molecule has 208 valence electrons. The van der Waals surface area contributed by atoms with Gasteiger partial charge in [-0.3, -0.25) is 14.6 Å². The third-order valence-corrected chi connectivity index (χ3v) is 10.2. The minimum absolute atomic E-state index is 0.0117. The smallest absolute Gasteiger partial charge is 0.254 e. The minimum atomic E-state index is -3.74. The molecule has 10 heteroatoms. The van der Waals surface area contributed by atoms with E-state index in [1.54, 1.807) is 31.5 Å². The first-order valence-corrected chi connectivity index (χ1v) is 15.1. The Bertz CT molecular complexity index is 1580. The number of fused-ring (bicyclic) bond motifs is 1. The molecule has 2 fully saturated rings. The van der Waals surface area contributed by atoms with E-state index in [0.29, 0.717) is 31.5 Å². The van der Waals surface area contributed by atoms with Crippen LogP contribution in [0.3, 0.4) is 0 Å². The average Bonchev–Trinajstić information content (AvgIpc) is 3.26. The van der Waals surface area contributed by atoms with Crippen LogP contribution in [-0.2, 0) is 24.3 Å². The summed E-state index contributed by atoms with van der Waals surface area (Å²) in [5.41, 5.74) is 2.93. The van der Waals surface area contributed by atoms with Gasteiger partial charge in [-0.1, -0.05) is 36.4 Å². The molecule has 0 bridgehead atoms. The van der Waals surface area contributed by atoms with Crippen molar-refractivity contribution < 1.29 is 22.7 Å². The fraction of sp³-hybridized carbons (Fsp3) is 0.367. The maximum atomic E-state index is 13.5. The molecule has 0 spiro atoms. The van der Waals surface area contributed by atoms with E-state index in [4.69, 9.17) is 4.74 Å². The van der Waals surface area contributed by atoms with E-state index in [1.807, 2.05) is 47.4 Å². The Balaban J connectivity index is 1.13. The topological polar surface area (TPSA) is 109 Å². The van der Waals surface area contributed by atoms with Gasteiger partial charge in [0, 0.05) is 79.7 Å². The molecule has 2 amide bonds.